The lowest BCUT2D eigenvalue weighted by atomic mass is 10.1. The minimum Gasteiger partial charge on any atom is -0.333 e. The van der Waals surface area contributed by atoms with Crippen LogP contribution in [0.4, 0.5) is 0 Å². The molecule has 0 spiro atoms. The minimum absolute atomic E-state index is 0.256. The maximum Gasteiger partial charge on any atom is 0.220 e. The molecule has 0 saturated carbocycles. The molecular weight excluding hydrogens is 150 g/mol. The predicted octanol–water partition coefficient (Wildman–Crippen LogP) is 2.19. The number of carbonyl (C=O) groups excluding carboxylic acids is 1. The third-order valence-corrected chi connectivity index (χ3v) is 2.60. The summed E-state index contributed by atoms with van der Waals surface area (Å²) >= 11 is 0. The third-order valence-electron chi connectivity index (χ3n) is 2.60. The van der Waals surface area contributed by atoms with Crippen LogP contribution in [0.25, 0.3) is 0 Å². The summed E-state index contributed by atoms with van der Waals surface area (Å²) in [4.78, 5) is 13.1. The summed E-state index contributed by atoms with van der Waals surface area (Å²) in [6.45, 7) is 6.04. The number of hydrogen-bond donors (Lipinski definition) is 0. The first kappa shape index (κ1) is 9.56. The molecule has 2 heteroatoms. The van der Waals surface area contributed by atoms with Gasteiger partial charge < -0.3 is 4.90 Å². The van der Waals surface area contributed by atoms with Gasteiger partial charge in [-0.2, -0.15) is 0 Å². The van der Waals surface area contributed by atoms with Crippen LogP contribution < -0.4 is 0 Å². The molecular formula is C10H19NO. The van der Waals surface area contributed by atoms with Crippen molar-refractivity contribution in [1.29, 1.82) is 0 Å². The van der Waals surface area contributed by atoms with Crippen molar-refractivity contribution < 1.29 is 4.79 Å². The summed E-state index contributed by atoms with van der Waals surface area (Å²) in [7, 11) is 0. The molecule has 1 heterocycles. The Kier molecular flexibility index (Phi) is 3.12. The average molecular weight is 169 g/mol. The maximum absolute atomic E-state index is 11.1. The van der Waals surface area contributed by atoms with E-state index in [0.29, 0.717) is 12.1 Å². The van der Waals surface area contributed by atoms with Crippen LogP contribution in [0, 0.1) is 0 Å². The van der Waals surface area contributed by atoms with Gasteiger partial charge in [0, 0.05) is 6.92 Å². The first-order chi connectivity index (χ1) is 5.72. The van der Waals surface area contributed by atoms with Gasteiger partial charge in [-0.25, -0.2) is 0 Å². The molecule has 0 N–H and O–H groups in total. The Morgan fingerprint density at radius 1 is 1.17 bits per heavy atom. The number of rotatable bonds is 4. The Morgan fingerprint density at radius 2 is 1.58 bits per heavy atom. The Labute approximate surface area is 74.9 Å². The molecule has 0 aromatic rings. The molecule has 2 atom stereocenters. The van der Waals surface area contributed by atoms with Gasteiger partial charge in [-0.15, -0.1) is 0 Å². The van der Waals surface area contributed by atoms with E-state index in [1.165, 1.54) is 25.7 Å². The molecule has 1 amide bonds. The standard InChI is InChI=1S/C10H19NO/c1-4-6-9-10(7-5-2)11(9)8(3)12/h9-10H,4-7H2,1-3H3/t9-,10+,11?. The van der Waals surface area contributed by atoms with Crippen molar-refractivity contribution in [1.82, 2.24) is 4.90 Å². The van der Waals surface area contributed by atoms with Gasteiger partial charge in [-0.05, 0) is 12.8 Å². The lowest BCUT2D eigenvalue weighted by Crippen LogP contribution is -2.09. The quantitative estimate of drug-likeness (QED) is 0.591. The van der Waals surface area contributed by atoms with E-state index in [0.717, 1.165) is 0 Å². The summed E-state index contributed by atoms with van der Waals surface area (Å²) in [5, 5.41) is 0. The highest BCUT2D eigenvalue weighted by molar-refractivity contribution is 5.77. The Morgan fingerprint density at radius 3 is 1.83 bits per heavy atom. The molecule has 0 aliphatic carbocycles. The van der Waals surface area contributed by atoms with Crippen molar-refractivity contribution in [2.24, 2.45) is 0 Å². The molecule has 0 radical (unpaired) electrons. The van der Waals surface area contributed by atoms with Gasteiger partial charge in [0.25, 0.3) is 0 Å². The van der Waals surface area contributed by atoms with Crippen molar-refractivity contribution in [2.45, 2.75) is 58.5 Å². The smallest absolute Gasteiger partial charge is 0.220 e. The Hall–Kier alpha value is -0.530. The third kappa shape index (κ3) is 1.79. The highest BCUT2D eigenvalue weighted by Crippen LogP contribution is 2.35. The predicted molar refractivity (Wildman–Crippen MR) is 49.9 cm³/mol. The fourth-order valence-corrected chi connectivity index (χ4v) is 2.06. The van der Waals surface area contributed by atoms with Crippen molar-refractivity contribution in [3.8, 4) is 0 Å². The zero-order valence-corrected chi connectivity index (χ0v) is 8.34. The fraction of sp³-hybridized carbons (Fsp3) is 0.900. The molecule has 0 aromatic heterocycles. The molecule has 12 heavy (non-hydrogen) atoms. The average Bonchev–Trinajstić information content (AvgIpc) is 2.65. The highest BCUT2D eigenvalue weighted by Gasteiger charge is 2.47. The van der Waals surface area contributed by atoms with Gasteiger partial charge in [-0.1, -0.05) is 26.7 Å². The van der Waals surface area contributed by atoms with Gasteiger partial charge in [0.1, 0.15) is 0 Å². The second-order valence-corrected chi connectivity index (χ2v) is 3.64. The van der Waals surface area contributed by atoms with E-state index in [9.17, 15) is 4.79 Å². The van der Waals surface area contributed by atoms with Crippen LogP contribution in [0.3, 0.4) is 0 Å². The Bertz CT molecular complexity index is 155. The number of nitrogens with zero attached hydrogens (tertiary/aromatic N) is 1. The molecule has 1 saturated heterocycles. The van der Waals surface area contributed by atoms with Gasteiger partial charge >= 0.3 is 0 Å². The highest BCUT2D eigenvalue weighted by atomic mass is 16.2. The minimum atomic E-state index is 0.256. The van der Waals surface area contributed by atoms with Crippen molar-refractivity contribution in [3.63, 3.8) is 0 Å². The summed E-state index contributed by atoms with van der Waals surface area (Å²) in [5.74, 6) is 0.256. The van der Waals surface area contributed by atoms with Gasteiger partial charge in [0.2, 0.25) is 5.91 Å². The number of carbonyl (C=O) groups is 1. The van der Waals surface area contributed by atoms with Crippen molar-refractivity contribution >= 4 is 5.91 Å². The van der Waals surface area contributed by atoms with Crippen LogP contribution in [0.5, 0.6) is 0 Å². The largest absolute Gasteiger partial charge is 0.333 e. The van der Waals surface area contributed by atoms with Gasteiger partial charge in [-0.3, -0.25) is 4.79 Å². The molecule has 1 aliphatic heterocycles. The van der Waals surface area contributed by atoms with Crippen LogP contribution in [-0.4, -0.2) is 22.9 Å². The van der Waals surface area contributed by atoms with Gasteiger partial charge in [0.05, 0.1) is 12.1 Å². The van der Waals surface area contributed by atoms with Crippen molar-refractivity contribution in [3.05, 3.63) is 0 Å². The van der Waals surface area contributed by atoms with Crippen LogP contribution in [-0.2, 0) is 4.79 Å². The first-order valence-electron chi connectivity index (χ1n) is 5.01. The topological polar surface area (TPSA) is 20.1 Å². The lowest BCUT2D eigenvalue weighted by Gasteiger charge is -1.97. The maximum atomic E-state index is 11.1. The van der Waals surface area contributed by atoms with E-state index in [1.807, 2.05) is 4.90 Å². The molecule has 70 valence electrons. The number of amides is 1. The monoisotopic (exact) mass is 169 g/mol. The number of hydrogen-bond acceptors (Lipinski definition) is 1. The van der Waals surface area contributed by atoms with E-state index < -0.39 is 0 Å². The second kappa shape index (κ2) is 3.92. The summed E-state index contributed by atoms with van der Waals surface area (Å²) in [5.41, 5.74) is 0. The SMILES string of the molecule is CCC[C@@H]1[C@H](CCC)N1C(C)=O. The molecule has 1 rings (SSSR count). The molecule has 0 bridgehead atoms. The normalized spacial score (nSPS) is 27.4. The van der Waals surface area contributed by atoms with E-state index in [-0.39, 0.29) is 5.91 Å². The summed E-state index contributed by atoms with van der Waals surface area (Å²) in [6.07, 6.45) is 4.75. The molecule has 1 aliphatic rings. The van der Waals surface area contributed by atoms with Crippen LogP contribution in [0.1, 0.15) is 46.5 Å². The molecule has 0 aromatic carbocycles. The molecule has 1 fully saturated rings. The van der Waals surface area contributed by atoms with E-state index in [4.69, 9.17) is 0 Å². The van der Waals surface area contributed by atoms with E-state index in [2.05, 4.69) is 13.8 Å². The summed E-state index contributed by atoms with van der Waals surface area (Å²) in [6, 6.07) is 1.15. The fourth-order valence-electron chi connectivity index (χ4n) is 2.06. The zero-order valence-electron chi connectivity index (χ0n) is 8.34. The Balaban J connectivity index is 2.37. The first-order valence-corrected chi connectivity index (χ1v) is 5.01. The van der Waals surface area contributed by atoms with Crippen LogP contribution >= 0.6 is 0 Å². The van der Waals surface area contributed by atoms with E-state index >= 15 is 0 Å². The second-order valence-electron chi connectivity index (χ2n) is 3.64. The molecule has 2 nitrogen and oxygen atoms in total. The van der Waals surface area contributed by atoms with Gasteiger partial charge in [0.15, 0.2) is 0 Å². The lowest BCUT2D eigenvalue weighted by molar-refractivity contribution is -0.124. The van der Waals surface area contributed by atoms with Crippen LogP contribution in [0.2, 0.25) is 0 Å². The summed E-state index contributed by atoms with van der Waals surface area (Å²) < 4.78 is 0. The van der Waals surface area contributed by atoms with E-state index in [1.54, 1.807) is 6.92 Å². The molecule has 0 unspecified atom stereocenters. The zero-order chi connectivity index (χ0) is 9.14. The van der Waals surface area contributed by atoms with Crippen LogP contribution in [0.15, 0.2) is 0 Å². The van der Waals surface area contributed by atoms with Crippen molar-refractivity contribution in [2.75, 3.05) is 0 Å².